The Hall–Kier alpha value is -2.05. The molecule has 12 heteroatoms. The molecule has 2 heterocycles. The standard InChI is InChI=1S/C20H26ClN3O7S/c1-30-12-17(20(27)23-8-10-31-11-9-23)24-7-6-16(19(24)26)22-32(28,29)13-18(25)14-2-4-15(21)5-3-14/h2-5,16-17,22H,6-13H2,1H3/t16-,17-/m0/s1. The van der Waals surface area contributed by atoms with Crippen molar-refractivity contribution in [3.8, 4) is 0 Å². The van der Waals surface area contributed by atoms with Crippen LogP contribution in [0.1, 0.15) is 16.8 Å². The van der Waals surface area contributed by atoms with Crippen LogP contribution in [-0.4, -0.2) is 100 Å². The highest BCUT2D eigenvalue weighted by atomic mass is 35.5. The molecule has 2 amide bonds. The van der Waals surface area contributed by atoms with Crippen LogP contribution in [0.3, 0.4) is 0 Å². The molecule has 1 aromatic carbocycles. The Kier molecular flexibility index (Phi) is 8.23. The van der Waals surface area contributed by atoms with E-state index in [1.165, 1.54) is 36.3 Å². The van der Waals surface area contributed by atoms with Crippen molar-refractivity contribution < 1.29 is 32.3 Å². The van der Waals surface area contributed by atoms with Crippen LogP contribution in [0.25, 0.3) is 0 Å². The fraction of sp³-hybridized carbons (Fsp3) is 0.550. The second-order valence-corrected chi connectivity index (χ2v) is 9.78. The number of nitrogens with zero attached hydrogens (tertiary/aromatic N) is 2. The Morgan fingerprint density at radius 3 is 2.50 bits per heavy atom. The fourth-order valence-electron chi connectivity index (χ4n) is 3.72. The lowest BCUT2D eigenvalue weighted by Crippen LogP contribution is -2.55. The van der Waals surface area contributed by atoms with Gasteiger partial charge in [-0.1, -0.05) is 11.6 Å². The van der Waals surface area contributed by atoms with E-state index in [1.54, 1.807) is 4.90 Å². The molecule has 0 saturated carbocycles. The van der Waals surface area contributed by atoms with Crippen molar-refractivity contribution in [1.82, 2.24) is 14.5 Å². The molecule has 0 bridgehead atoms. The number of benzene rings is 1. The molecule has 2 fully saturated rings. The number of ether oxygens (including phenoxy) is 2. The minimum absolute atomic E-state index is 0.00352. The van der Waals surface area contributed by atoms with Gasteiger partial charge in [0.25, 0.3) is 0 Å². The molecule has 176 valence electrons. The van der Waals surface area contributed by atoms with Gasteiger partial charge < -0.3 is 19.3 Å². The van der Waals surface area contributed by atoms with Crippen molar-refractivity contribution in [2.45, 2.75) is 18.5 Å². The first-order valence-corrected chi connectivity index (χ1v) is 12.2. The lowest BCUT2D eigenvalue weighted by atomic mass is 10.1. The smallest absolute Gasteiger partial charge is 0.247 e. The van der Waals surface area contributed by atoms with Crippen LogP contribution in [0.15, 0.2) is 24.3 Å². The number of hydrogen-bond acceptors (Lipinski definition) is 7. The molecule has 2 aliphatic heterocycles. The van der Waals surface area contributed by atoms with Gasteiger partial charge in [-0.05, 0) is 30.7 Å². The highest BCUT2D eigenvalue weighted by Gasteiger charge is 2.42. The van der Waals surface area contributed by atoms with Gasteiger partial charge in [0.15, 0.2) is 5.78 Å². The molecular formula is C20H26ClN3O7S. The molecule has 0 aromatic heterocycles. The summed E-state index contributed by atoms with van der Waals surface area (Å²) in [7, 11) is -2.65. The Labute approximate surface area is 191 Å². The zero-order chi connectivity index (χ0) is 23.3. The van der Waals surface area contributed by atoms with Crippen LogP contribution in [0.2, 0.25) is 5.02 Å². The third-order valence-corrected chi connectivity index (χ3v) is 6.90. The number of halogens is 1. The maximum absolute atomic E-state index is 12.9. The number of morpholine rings is 1. The summed E-state index contributed by atoms with van der Waals surface area (Å²) < 4.78 is 37.8. The number of amides is 2. The summed E-state index contributed by atoms with van der Waals surface area (Å²) in [4.78, 5) is 41.1. The number of rotatable bonds is 9. The number of hydrogen-bond donors (Lipinski definition) is 1. The number of likely N-dealkylation sites (tertiary alicyclic amines) is 1. The minimum Gasteiger partial charge on any atom is -0.382 e. The zero-order valence-corrected chi connectivity index (χ0v) is 19.2. The van der Waals surface area contributed by atoms with E-state index in [0.29, 0.717) is 31.3 Å². The highest BCUT2D eigenvalue weighted by Crippen LogP contribution is 2.19. The summed E-state index contributed by atoms with van der Waals surface area (Å²) in [5, 5.41) is 0.427. The van der Waals surface area contributed by atoms with Crippen molar-refractivity contribution in [3.63, 3.8) is 0 Å². The predicted octanol–water partition coefficient (Wildman–Crippen LogP) is -0.0832. The number of ketones is 1. The monoisotopic (exact) mass is 487 g/mol. The predicted molar refractivity (Wildman–Crippen MR) is 116 cm³/mol. The van der Waals surface area contributed by atoms with Crippen molar-refractivity contribution >= 4 is 39.2 Å². The first-order chi connectivity index (χ1) is 15.2. The number of Topliss-reactive ketones (excluding diaryl/α,β-unsaturated/α-hetero) is 1. The van der Waals surface area contributed by atoms with Gasteiger partial charge in [0.1, 0.15) is 17.8 Å². The molecule has 2 atom stereocenters. The molecule has 0 unspecified atom stereocenters. The minimum atomic E-state index is -4.08. The molecule has 32 heavy (non-hydrogen) atoms. The quantitative estimate of drug-likeness (QED) is 0.483. The molecule has 0 spiro atoms. The largest absolute Gasteiger partial charge is 0.382 e. The van der Waals surface area contributed by atoms with Crippen molar-refractivity contribution in [1.29, 1.82) is 0 Å². The van der Waals surface area contributed by atoms with Crippen molar-refractivity contribution in [2.24, 2.45) is 0 Å². The van der Waals surface area contributed by atoms with Gasteiger partial charge in [-0.15, -0.1) is 0 Å². The SMILES string of the molecule is COC[C@@H](C(=O)N1CCOCC1)N1CC[C@H](NS(=O)(=O)CC(=O)c2ccc(Cl)cc2)C1=O. The van der Waals surface area contributed by atoms with E-state index in [4.69, 9.17) is 21.1 Å². The van der Waals surface area contributed by atoms with Gasteiger partial charge in [-0.25, -0.2) is 13.1 Å². The maximum Gasteiger partial charge on any atom is 0.247 e. The van der Waals surface area contributed by atoms with Gasteiger partial charge in [-0.3, -0.25) is 14.4 Å². The molecular weight excluding hydrogens is 462 g/mol. The average Bonchev–Trinajstić information content (AvgIpc) is 3.11. The topological polar surface area (TPSA) is 122 Å². The van der Waals surface area contributed by atoms with Crippen molar-refractivity contribution in [2.75, 3.05) is 52.3 Å². The van der Waals surface area contributed by atoms with E-state index in [2.05, 4.69) is 4.72 Å². The summed E-state index contributed by atoms with van der Waals surface area (Å²) in [5.74, 6) is -2.19. The summed E-state index contributed by atoms with van der Waals surface area (Å²) in [6.07, 6.45) is 0.184. The lowest BCUT2D eigenvalue weighted by Gasteiger charge is -2.34. The van der Waals surface area contributed by atoms with Crippen molar-refractivity contribution in [3.05, 3.63) is 34.9 Å². The average molecular weight is 488 g/mol. The summed E-state index contributed by atoms with van der Waals surface area (Å²) in [6, 6.07) is 3.97. The van der Waals surface area contributed by atoms with E-state index in [9.17, 15) is 22.8 Å². The van der Waals surface area contributed by atoms with Gasteiger partial charge in [0, 0.05) is 37.3 Å². The third kappa shape index (κ3) is 6.04. The lowest BCUT2D eigenvalue weighted by molar-refractivity contribution is -0.148. The summed E-state index contributed by atoms with van der Waals surface area (Å²) in [5.41, 5.74) is 0.204. The number of carbonyl (C=O) groups is 3. The molecule has 1 aromatic rings. The van der Waals surface area contributed by atoms with E-state index in [1.807, 2.05) is 0 Å². The molecule has 0 aliphatic carbocycles. The number of methoxy groups -OCH3 is 1. The van der Waals surface area contributed by atoms with Crippen LogP contribution < -0.4 is 4.72 Å². The van der Waals surface area contributed by atoms with Crippen LogP contribution in [0.4, 0.5) is 0 Å². The first kappa shape index (κ1) is 24.6. The second-order valence-electron chi connectivity index (χ2n) is 7.59. The van der Waals surface area contributed by atoms with Gasteiger partial charge in [-0.2, -0.15) is 0 Å². The fourth-order valence-corrected chi connectivity index (χ4v) is 5.09. The van der Waals surface area contributed by atoms with Crippen LogP contribution in [0.5, 0.6) is 0 Å². The Bertz CT molecular complexity index is 948. The second kappa shape index (κ2) is 10.7. The van der Waals surface area contributed by atoms with E-state index < -0.39 is 39.6 Å². The van der Waals surface area contributed by atoms with Gasteiger partial charge >= 0.3 is 0 Å². The third-order valence-electron chi connectivity index (χ3n) is 5.36. The molecule has 10 nitrogen and oxygen atoms in total. The number of nitrogens with one attached hydrogen (secondary N) is 1. The normalized spacial score (nSPS) is 20.4. The van der Waals surface area contributed by atoms with E-state index >= 15 is 0 Å². The molecule has 2 saturated heterocycles. The van der Waals surface area contributed by atoms with E-state index in [0.717, 1.165) is 0 Å². The summed E-state index contributed by atoms with van der Waals surface area (Å²) >= 11 is 5.79. The molecule has 1 N–H and O–H groups in total. The molecule has 0 radical (unpaired) electrons. The molecule has 3 rings (SSSR count). The van der Waals surface area contributed by atoms with Crippen LogP contribution >= 0.6 is 11.6 Å². The van der Waals surface area contributed by atoms with Gasteiger partial charge in [0.05, 0.1) is 19.8 Å². The van der Waals surface area contributed by atoms with Crippen LogP contribution in [-0.2, 0) is 29.1 Å². The van der Waals surface area contributed by atoms with Gasteiger partial charge in [0.2, 0.25) is 21.8 Å². The highest BCUT2D eigenvalue weighted by molar-refractivity contribution is 7.90. The summed E-state index contributed by atoms with van der Waals surface area (Å²) in [6.45, 7) is 1.87. The first-order valence-electron chi connectivity index (χ1n) is 10.2. The Morgan fingerprint density at radius 2 is 1.88 bits per heavy atom. The molecule has 2 aliphatic rings. The van der Waals surface area contributed by atoms with E-state index in [-0.39, 0.29) is 31.0 Å². The van der Waals surface area contributed by atoms with Crippen LogP contribution in [0, 0.1) is 0 Å². The Balaban J connectivity index is 1.64. The number of sulfonamides is 1. The zero-order valence-electron chi connectivity index (χ0n) is 17.7. The number of carbonyl (C=O) groups excluding carboxylic acids is 3. The maximum atomic E-state index is 12.9. The Morgan fingerprint density at radius 1 is 1.22 bits per heavy atom.